The average molecular weight is 195 g/mol. The Balaban J connectivity index is 2.75. The van der Waals surface area contributed by atoms with Gasteiger partial charge in [0.05, 0.1) is 0 Å². The van der Waals surface area contributed by atoms with Crippen LogP contribution in [0.1, 0.15) is 26.2 Å². The molecule has 0 aromatic carbocycles. The second-order valence-electron chi connectivity index (χ2n) is 3.22. The summed E-state index contributed by atoms with van der Waals surface area (Å²) in [5.74, 6) is 3.55. The number of nitrogens with zero attached hydrogens (tertiary/aromatic N) is 1. The van der Waals surface area contributed by atoms with Gasteiger partial charge in [-0.3, -0.25) is 4.79 Å². The number of carbonyl (C=O) groups is 2. The molecule has 0 bridgehead atoms. The quantitative estimate of drug-likeness (QED) is 0.619. The van der Waals surface area contributed by atoms with Crippen molar-refractivity contribution in [2.75, 3.05) is 6.54 Å². The Kier molecular flexibility index (Phi) is 3.52. The van der Waals surface area contributed by atoms with Crippen molar-refractivity contribution in [2.45, 2.75) is 32.2 Å². The third-order valence-electron chi connectivity index (χ3n) is 2.28. The van der Waals surface area contributed by atoms with Crippen LogP contribution in [0.2, 0.25) is 0 Å². The lowest BCUT2D eigenvalue weighted by molar-refractivity contribution is -0.149. The van der Waals surface area contributed by atoms with Crippen molar-refractivity contribution in [1.29, 1.82) is 0 Å². The number of hydrogen-bond donors (Lipinski definition) is 1. The molecule has 0 aromatic rings. The van der Waals surface area contributed by atoms with Crippen LogP contribution in [-0.4, -0.2) is 34.5 Å². The van der Waals surface area contributed by atoms with E-state index in [1.807, 2.05) is 0 Å². The lowest BCUT2D eigenvalue weighted by atomic mass is 10.0. The van der Waals surface area contributed by atoms with Crippen molar-refractivity contribution in [3.63, 3.8) is 0 Å². The smallest absolute Gasteiger partial charge is 0.326 e. The number of aliphatic carboxylic acids is 1. The Morgan fingerprint density at radius 1 is 1.43 bits per heavy atom. The molecule has 0 aromatic heterocycles. The lowest BCUT2D eigenvalue weighted by Gasteiger charge is -2.31. The fraction of sp³-hybridized carbons (Fsp3) is 0.600. The number of likely N-dealkylation sites (tertiary alicyclic amines) is 1. The number of amides is 1. The third-order valence-corrected chi connectivity index (χ3v) is 2.28. The maximum Gasteiger partial charge on any atom is 0.326 e. The van der Waals surface area contributed by atoms with Crippen LogP contribution in [0.5, 0.6) is 0 Å². The van der Waals surface area contributed by atoms with E-state index in [-0.39, 0.29) is 5.91 Å². The second-order valence-corrected chi connectivity index (χ2v) is 3.22. The Labute approximate surface area is 82.9 Å². The first-order valence-corrected chi connectivity index (χ1v) is 4.63. The highest BCUT2D eigenvalue weighted by Gasteiger charge is 2.30. The Bertz CT molecular complexity index is 300. The van der Waals surface area contributed by atoms with E-state index in [4.69, 9.17) is 5.11 Å². The Morgan fingerprint density at radius 3 is 2.71 bits per heavy atom. The first kappa shape index (κ1) is 10.6. The molecule has 4 heteroatoms. The summed E-state index contributed by atoms with van der Waals surface area (Å²) in [6.07, 6.45) is 2.26. The first-order chi connectivity index (χ1) is 6.66. The zero-order valence-electron chi connectivity index (χ0n) is 8.12. The van der Waals surface area contributed by atoms with Crippen LogP contribution < -0.4 is 0 Å². The molecule has 1 atom stereocenters. The fourth-order valence-corrected chi connectivity index (χ4v) is 1.61. The summed E-state index contributed by atoms with van der Waals surface area (Å²) in [5.41, 5.74) is 0. The van der Waals surface area contributed by atoms with Gasteiger partial charge in [-0.1, -0.05) is 5.92 Å². The molecular formula is C10H13NO3. The highest BCUT2D eigenvalue weighted by molar-refractivity contribution is 5.96. The van der Waals surface area contributed by atoms with Crippen molar-refractivity contribution < 1.29 is 14.7 Å². The monoisotopic (exact) mass is 195 g/mol. The number of rotatable bonds is 1. The number of carbonyl (C=O) groups excluding carboxylic acids is 1. The summed E-state index contributed by atoms with van der Waals surface area (Å²) >= 11 is 0. The van der Waals surface area contributed by atoms with E-state index in [0.717, 1.165) is 12.8 Å². The van der Waals surface area contributed by atoms with E-state index in [0.29, 0.717) is 13.0 Å². The average Bonchev–Trinajstić information content (AvgIpc) is 2.18. The molecule has 4 nitrogen and oxygen atoms in total. The molecule has 1 N–H and O–H groups in total. The van der Waals surface area contributed by atoms with Crippen LogP contribution in [0.3, 0.4) is 0 Å². The Hall–Kier alpha value is -1.50. The van der Waals surface area contributed by atoms with Crippen molar-refractivity contribution in [3.8, 4) is 11.8 Å². The van der Waals surface area contributed by atoms with Gasteiger partial charge in [0.1, 0.15) is 6.04 Å². The molecule has 0 unspecified atom stereocenters. The van der Waals surface area contributed by atoms with Crippen LogP contribution in [0.4, 0.5) is 0 Å². The van der Waals surface area contributed by atoms with Crippen molar-refractivity contribution in [1.82, 2.24) is 4.90 Å². The molecule has 1 aliphatic heterocycles. The largest absolute Gasteiger partial charge is 0.480 e. The van der Waals surface area contributed by atoms with Crippen molar-refractivity contribution in [3.05, 3.63) is 0 Å². The molecule has 1 fully saturated rings. The zero-order valence-corrected chi connectivity index (χ0v) is 8.12. The van der Waals surface area contributed by atoms with Crippen LogP contribution >= 0.6 is 0 Å². The van der Waals surface area contributed by atoms with Gasteiger partial charge in [0.15, 0.2) is 0 Å². The predicted octanol–water partition coefficient (Wildman–Crippen LogP) is 0.475. The van der Waals surface area contributed by atoms with Gasteiger partial charge in [0, 0.05) is 6.54 Å². The zero-order chi connectivity index (χ0) is 10.6. The first-order valence-electron chi connectivity index (χ1n) is 4.63. The summed E-state index contributed by atoms with van der Waals surface area (Å²) in [4.78, 5) is 23.6. The molecule has 14 heavy (non-hydrogen) atoms. The van der Waals surface area contributed by atoms with E-state index in [1.165, 1.54) is 4.90 Å². The molecule has 1 heterocycles. The number of piperidine rings is 1. The molecule has 1 aliphatic rings. The SMILES string of the molecule is CC#CC(=O)N1CCCC[C@@H]1C(=O)O. The minimum Gasteiger partial charge on any atom is -0.480 e. The van der Waals surface area contributed by atoms with Crippen LogP contribution in [0, 0.1) is 11.8 Å². The van der Waals surface area contributed by atoms with Crippen LogP contribution in [0.15, 0.2) is 0 Å². The van der Waals surface area contributed by atoms with Crippen molar-refractivity contribution in [2.24, 2.45) is 0 Å². The molecular weight excluding hydrogens is 182 g/mol. The summed E-state index contributed by atoms with van der Waals surface area (Å²) in [5, 5.41) is 8.88. The van der Waals surface area contributed by atoms with Crippen molar-refractivity contribution >= 4 is 11.9 Å². The van der Waals surface area contributed by atoms with Gasteiger partial charge in [-0.2, -0.15) is 0 Å². The number of hydrogen-bond acceptors (Lipinski definition) is 2. The van der Waals surface area contributed by atoms with Crippen LogP contribution in [0.25, 0.3) is 0 Å². The summed E-state index contributed by atoms with van der Waals surface area (Å²) in [6, 6.07) is -0.683. The van der Waals surface area contributed by atoms with E-state index in [9.17, 15) is 9.59 Å². The highest BCUT2D eigenvalue weighted by Crippen LogP contribution is 2.16. The summed E-state index contributed by atoms with van der Waals surface area (Å²) in [7, 11) is 0. The standard InChI is InChI=1S/C10H13NO3/c1-2-5-9(12)11-7-4-3-6-8(11)10(13)14/h8H,3-4,6-7H2,1H3,(H,13,14)/t8-/m1/s1. The Morgan fingerprint density at radius 2 is 2.14 bits per heavy atom. The molecule has 1 amide bonds. The van der Waals surface area contributed by atoms with Gasteiger partial charge in [0.25, 0.3) is 5.91 Å². The van der Waals surface area contributed by atoms with Gasteiger partial charge in [0.2, 0.25) is 0 Å². The highest BCUT2D eigenvalue weighted by atomic mass is 16.4. The van der Waals surface area contributed by atoms with E-state index >= 15 is 0 Å². The van der Waals surface area contributed by atoms with E-state index in [1.54, 1.807) is 6.92 Å². The van der Waals surface area contributed by atoms with Gasteiger partial charge < -0.3 is 10.0 Å². The molecule has 1 rings (SSSR count). The fourth-order valence-electron chi connectivity index (χ4n) is 1.61. The molecule has 0 spiro atoms. The maximum absolute atomic E-state index is 11.4. The van der Waals surface area contributed by atoms with E-state index in [2.05, 4.69) is 11.8 Å². The van der Waals surface area contributed by atoms with E-state index < -0.39 is 12.0 Å². The minimum atomic E-state index is -0.934. The predicted molar refractivity (Wildman–Crippen MR) is 50.4 cm³/mol. The molecule has 76 valence electrons. The van der Waals surface area contributed by atoms with Gasteiger partial charge >= 0.3 is 5.97 Å². The number of carboxylic acids is 1. The van der Waals surface area contributed by atoms with Gasteiger partial charge in [-0.25, -0.2) is 4.79 Å². The summed E-state index contributed by atoms with van der Waals surface area (Å²) in [6.45, 7) is 2.07. The topological polar surface area (TPSA) is 57.6 Å². The second kappa shape index (κ2) is 4.66. The third kappa shape index (κ3) is 2.25. The molecule has 0 aliphatic carbocycles. The van der Waals surface area contributed by atoms with Gasteiger partial charge in [-0.05, 0) is 32.1 Å². The normalized spacial score (nSPS) is 20.9. The summed E-state index contributed by atoms with van der Waals surface area (Å²) < 4.78 is 0. The van der Waals surface area contributed by atoms with Crippen LogP contribution in [-0.2, 0) is 9.59 Å². The minimum absolute atomic E-state index is 0.375. The van der Waals surface area contributed by atoms with Gasteiger partial charge in [-0.15, -0.1) is 0 Å². The number of carboxylic acid groups (broad SMARTS) is 1. The lowest BCUT2D eigenvalue weighted by Crippen LogP contribution is -2.47. The maximum atomic E-state index is 11.4. The molecule has 1 saturated heterocycles. The molecule has 0 saturated carbocycles. The molecule has 0 radical (unpaired) electrons.